The predicted octanol–water partition coefficient (Wildman–Crippen LogP) is 4.04. The highest BCUT2D eigenvalue weighted by Gasteiger charge is 2.18. The molecule has 3 aromatic rings. The molecule has 2 heterocycles. The van der Waals surface area contributed by atoms with Crippen LogP contribution < -0.4 is 10.9 Å². The van der Waals surface area contributed by atoms with E-state index < -0.39 is 0 Å². The average Bonchev–Trinajstić information content (AvgIpc) is 2.60. The lowest BCUT2D eigenvalue weighted by atomic mass is 9.86. The molecular weight excluding hydrogens is 326 g/mol. The second-order valence-corrected chi connectivity index (χ2v) is 7.42. The van der Waals surface area contributed by atoms with Crippen LogP contribution in [-0.4, -0.2) is 15.9 Å². The molecule has 0 aliphatic carbocycles. The van der Waals surface area contributed by atoms with Crippen molar-refractivity contribution in [1.82, 2.24) is 9.97 Å². The number of fused-ring (bicyclic) bond motifs is 1. The zero-order chi connectivity index (χ0) is 18.9. The molecule has 1 aromatic carbocycles. The minimum absolute atomic E-state index is 0.0667. The molecule has 0 atom stereocenters. The van der Waals surface area contributed by atoms with Crippen LogP contribution in [0.4, 0.5) is 5.69 Å². The van der Waals surface area contributed by atoms with Gasteiger partial charge >= 0.3 is 0 Å². The van der Waals surface area contributed by atoms with E-state index in [1.165, 1.54) is 6.07 Å². The fourth-order valence-electron chi connectivity index (χ4n) is 2.84. The van der Waals surface area contributed by atoms with Crippen molar-refractivity contribution in [1.29, 1.82) is 0 Å². The van der Waals surface area contributed by atoms with E-state index in [1.54, 1.807) is 12.3 Å². The Morgan fingerprint density at radius 2 is 1.96 bits per heavy atom. The Hall–Kier alpha value is -2.95. The number of pyridine rings is 2. The first-order chi connectivity index (χ1) is 12.3. The first-order valence-corrected chi connectivity index (χ1v) is 8.72. The van der Waals surface area contributed by atoms with Crippen LogP contribution in [0.2, 0.25) is 0 Å². The molecule has 0 radical (unpaired) electrons. The number of nitrogens with zero attached hydrogens (tertiary/aromatic N) is 1. The summed E-state index contributed by atoms with van der Waals surface area (Å²) in [5.41, 5.74) is 3.22. The molecule has 0 unspecified atom stereocenters. The van der Waals surface area contributed by atoms with E-state index in [9.17, 15) is 9.59 Å². The van der Waals surface area contributed by atoms with Crippen LogP contribution >= 0.6 is 0 Å². The maximum atomic E-state index is 12.7. The van der Waals surface area contributed by atoms with E-state index >= 15 is 0 Å². The highest BCUT2D eigenvalue weighted by atomic mass is 16.2. The van der Waals surface area contributed by atoms with Gasteiger partial charge < -0.3 is 10.3 Å². The summed E-state index contributed by atoms with van der Waals surface area (Å²) >= 11 is 0. The van der Waals surface area contributed by atoms with Crippen LogP contribution in [0.3, 0.4) is 0 Å². The Bertz CT molecular complexity index is 1030. The summed E-state index contributed by atoms with van der Waals surface area (Å²) in [6.45, 7) is 8.30. The maximum Gasteiger partial charge on any atom is 0.255 e. The summed E-state index contributed by atoms with van der Waals surface area (Å²) in [5, 5.41) is 3.91. The van der Waals surface area contributed by atoms with Gasteiger partial charge in [0.25, 0.3) is 5.91 Å². The van der Waals surface area contributed by atoms with Crippen LogP contribution in [0.25, 0.3) is 10.9 Å². The third-order valence-electron chi connectivity index (χ3n) is 4.36. The average molecular weight is 349 g/mol. The molecule has 1 amide bonds. The van der Waals surface area contributed by atoms with Crippen LogP contribution in [0, 0.1) is 0 Å². The topological polar surface area (TPSA) is 74.8 Å². The molecule has 0 bridgehead atoms. The fourth-order valence-corrected chi connectivity index (χ4v) is 2.84. The summed E-state index contributed by atoms with van der Waals surface area (Å²) in [7, 11) is 0. The quantitative estimate of drug-likeness (QED) is 0.749. The summed E-state index contributed by atoms with van der Waals surface area (Å²) in [5.74, 6) is -0.316. The van der Waals surface area contributed by atoms with Gasteiger partial charge in [0.15, 0.2) is 0 Å². The molecule has 0 spiro atoms. The number of rotatable bonds is 3. The molecule has 0 saturated heterocycles. The molecule has 134 valence electrons. The zero-order valence-electron chi connectivity index (χ0n) is 15.5. The second kappa shape index (κ2) is 6.75. The Kier molecular flexibility index (Phi) is 4.64. The van der Waals surface area contributed by atoms with Crippen LogP contribution in [-0.2, 0) is 11.8 Å². The minimum atomic E-state index is -0.316. The molecule has 2 aromatic heterocycles. The number of aromatic nitrogens is 2. The van der Waals surface area contributed by atoms with Gasteiger partial charge in [0.1, 0.15) is 0 Å². The predicted molar refractivity (Wildman–Crippen MR) is 105 cm³/mol. The van der Waals surface area contributed by atoms with Crippen molar-refractivity contribution in [2.45, 2.75) is 39.5 Å². The van der Waals surface area contributed by atoms with Gasteiger partial charge in [-0.25, -0.2) is 0 Å². The maximum absolute atomic E-state index is 12.7. The number of carbonyl (C=O) groups is 1. The first-order valence-electron chi connectivity index (χ1n) is 8.72. The number of carbonyl (C=O) groups excluding carboxylic acids is 1. The van der Waals surface area contributed by atoms with Gasteiger partial charge in [-0.05, 0) is 41.7 Å². The van der Waals surface area contributed by atoms with E-state index in [4.69, 9.17) is 0 Å². The third kappa shape index (κ3) is 3.67. The van der Waals surface area contributed by atoms with E-state index in [1.807, 2.05) is 25.1 Å². The number of H-pyrrole nitrogens is 1. The van der Waals surface area contributed by atoms with Gasteiger partial charge in [0, 0.05) is 28.9 Å². The molecule has 5 heteroatoms. The van der Waals surface area contributed by atoms with Gasteiger partial charge in [-0.2, -0.15) is 0 Å². The Morgan fingerprint density at radius 3 is 2.65 bits per heavy atom. The van der Waals surface area contributed by atoms with Crippen molar-refractivity contribution >= 4 is 22.5 Å². The number of benzene rings is 1. The number of anilines is 1. The highest BCUT2D eigenvalue weighted by molar-refractivity contribution is 6.08. The zero-order valence-corrected chi connectivity index (χ0v) is 15.5. The molecular formula is C21H23N3O2. The van der Waals surface area contributed by atoms with Crippen LogP contribution in [0.5, 0.6) is 0 Å². The first kappa shape index (κ1) is 17.9. The van der Waals surface area contributed by atoms with Gasteiger partial charge in [-0.1, -0.05) is 33.8 Å². The van der Waals surface area contributed by atoms with Crippen molar-refractivity contribution in [3.05, 3.63) is 69.8 Å². The van der Waals surface area contributed by atoms with E-state index in [-0.39, 0.29) is 16.9 Å². The van der Waals surface area contributed by atoms with Crippen LogP contribution in [0.15, 0.2) is 47.4 Å². The highest BCUT2D eigenvalue weighted by Crippen LogP contribution is 2.31. The smallest absolute Gasteiger partial charge is 0.255 e. The minimum Gasteiger partial charge on any atom is -0.326 e. The Labute approximate surface area is 152 Å². The standard InChI is InChI=1S/C21H23N3O2/c1-5-16-10-14(11-18(25)23-16)20(26)24-17-12-15(21(2,3)4)9-13-7-6-8-22-19(13)17/h6-12H,5H2,1-4H3,(H,23,25)(H,24,26). The molecule has 0 fully saturated rings. The van der Waals surface area contributed by atoms with Crippen molar-refractivity contribution < 1.29 is 4.79 Å². The summed E-state index contributed by atoms with van der Waals surface area (Å²) in [6.07, 6.45) is 2.36. The summed E-state index contributed by atoms with van der Waals surface area (Å²) in [4.78, 5) is 31.7. The van der Waals surface area contributed by atoms with E-state index in [0.29, 0.717) is 17.7 Å². The van der Waals surface area contributed by atoms with Gasteiger partial charge in [0.2, 0.25) is 5.56 Å². The SMILES string of the molecule is CCc1cc(C(=O)Nc2cc(C(C)(C)C)cc3cccnc23)cc(=O)[nH]1. The largest absolute Gasteiger partial charge is 0.326 e. The Balaban J connectivity index is 2.06. The molecule has 0 aliphatic heterocycles. The molecule has 0 saturated carbocycles. The molecule has 2 N–H and O–H groups in total. The molecule has 5 nitrogen and oxygen atoms in total. The summed E-state index contributed by atoms with van der Waals surface area (Å²) in [6, 6.07) is 10.9. The lowest BCUT2D eigenvalue weighted by Crippen LogP contribution is -2.18. The number of aryl methyl sites for hydroxylation is 1. The fraction of sp³-hybridized carbons (Fsp3) is 0.286. The molecule has 3 rings (SSSR count). The molecule has 26 heavy (non-hydrogen) atoms. The lowest BCUT2D eigenvalue weighted by molar-refractivity contribution is 0.102. The monoisotopic (exact) mass is 349 g/mol. The van der Waals surface area contributed by atoms with Crippen LogP contribution in [0.1, 0.15) is 49.3 Å². The third-order valence-corrected chi connectivity index (χ3v) is 4.36. The number of aromatic amines is 1. The lowest BCUT2D eigenvalue weighted by Gasteiger charge is -2.21. The number of amides is 1. The Morgan fingerprint density at radius 1 is 1.19 bits per heavy atom. The second-order valence-electron chi connectivity index (χ2n) is 7.42. The number of hydrogen-bond acceptors (Lipinski definition) is 3. The van der Waals surface area contributed by atoms with Crippen molar-refractivity contribution in [3.63, 3.8) is 0 Å². The van der Waals surface area contributed by atoms with Crippen molar-refractivity contribution in [2.24, 2.45) is 0 Å². The van der Waals surface area contributed by atoms with E-state index in [2.05, 4.69) is 42.1 Å². The number of hydrogen-bond donors (Lipinski definition) is 2. The van der Waals surface area contributed by atoms with Gasteiger partial charge in [0.05, 0.1) is 11.2 Å². The van der Waals surface area contributed by atoms with Gasteiger partial charge in [-0.3, -0.25) is 14.6 Å². The van der Waals surface area contributed by atoms with Crippen molar-refractivity contribution in [2.75, 3.05) is 5.32 Å². The normalized spacial score (nSPS) is 11.5. The summed E-state index contributed by atoms with van der Waals surface area (Å²) < 4.78 is 0. The molecule has 0 aliphatic rings. The van der Waals surface area contributed by atoms with E-state index in [0.717, 1.165) is 22.2 Å². The van der Waals surface area contributed by atoms with Gasteiger partial charge in [-0.15, -0.1) is 0 Å². The number of nitrogens with one attached hydrogen (secondary N) is 2. The van der Waals surface area contributed by atoms with Crippen molar-refractivity contribution in [3.8, 4) is 0 Å².